The Labute approximate surface area is 98.8 Å². The maximum Gasteiger partial charge on any atom is 0.162 e. The molecule has 1 aromatic heterocycles. The summed E-state index contributed by atoms with van der Waals surface area (Å²) in [7, 11) is 0. The van der Waals surface area contributed by atoms with Gasteiger partial charge >= 0.3 is 0 Å². The lowest BCUT2D eigenvalue weighted by Crippen LogP contribution is -2.15. The zero-order valence-corrected chi connectivity index (χ0v) is 9.54. The Morgan fingerprint density at radius 2 is 1.94 bits per heavy atom. The second-order valence-corrected chi connectivity index (χ2v) is 3.95. The smallest absolute Gasteiger partial charge is 0.162 e. The molecule has 0 saturated heterocycles. The predicted octanol–water partition coefficient (Wildman–Crippen LogP) is 2.44. The first-order valence-electron chi connectivity index (χ1n) is 5.16. The second kappa shape index (κ2) is 3.87. The van der Waals surface area contributed by atoms with Crippen LogP contribution in [0.3, 0.4) is 0 Å². The van der Waals surface area contributed by atoms with Crippen LogP contribution in [0.15, 0.2) is 24.4 Å². The van der Waals surface area contributed by atoms with E-state index in [1.807, 2.05) is 18.2 Å². The van der Waals surface area contributed by atoms with E-state index in [0.29, 0.717) is 19.0 Å². The topological polar surface area (TPSA) is 31.4 Å². The second-order valence-electron chi connectivity index (χ2n) is 3.63. The van der Waals surface area contributed by atoms with E-state index in [9.17, 15) is 0 Å². The van der Waals surface area contributed by atoms with Crippen molar-refractivity contribution in [3.63, 3.8) is 0 Å². The van der Waals surface area contributed by atoms with Gasteiger partial charge in [0.25, 0.3) is 0 Å². The Bertz CT molecular complexity index is 542. The Morgan fingerprint density at radius 1 is 1.19 bits per heavy atom. The lowest BCUT2D eigenvalue weighted by atomic mass is 10.1. The van der Waals surface area contributed by atoms with Gasteiger partial charge in [0.15, 0.2) is 11.5 Å². The highest BCUT2D eigenvalue weighted by molar-refractivity contribution is 7.79. The molecule has 1 aliphatic rings. The summed E-state index contributed by atoms with van der Waals surface area (Å²) in [6.45, 7) is 1.22. The van der Waals surface area contributed by atoms with Crippen LogP contribution in [0.4, 0.5) is 0 Å². The van der Waals surface area contributed by atoms with Crippen LogP contribution in [0.5, 0.6) is 11.5 Å². The number of ether oxygens (including phenoxy) is 2. The van der Waals surface area contributed by atoms with Crippen LogP contribution in [-0.4, -0.2) is 18.2 Å². The number of hydrogen-bond acceptors (Lipinski definition) is 4. The molecule has 0 radical (unpaired) electrons. The van der Waals surface area contributed by atoms with Gasteiger partial charge in [-0.2, -0.15) is 12.6 Å². The van der Waals surface area contributed by atoms with Crippen LogP contribution in [0.2, 0.25) is 0 Å². The van der Waals surface area contributed by atoms with Crippen molar-refractivity contribution in [3.8, 4) is 11.5 Å². The zero-order chi connectivity index (χ0) is 11.0. The van der Waals surface area contributed by atoms with Crippen molar-refractivity contribution < 1.29 is 9.47 Å². The molecule has 1 aromatic carbocycles. The van der Waals surface area contributed by atoms with Crippen molar-refractivity contribution in [3.05, 3.63) is 30.1 Å². The van der Waals surface area contributed by atoms with Crippen molar-refractivity contribution in [1.29, 1.82) is 0 Å². The molecule has 4 heteroatoms. The van der Waals surface area contributed by atoms with Crippen molar-refractivity contribution in [2.45, 2.75) is 5.75 Å². The maximum atomic E-state index is 5.55. The molecule has 0 amide bonds. The van der Waals surface area contributed by atoms with E-state index < -0.39 is 0 Å². The van der Waals surface area contributed by atoms with Gasteiger partial charge in [-0.3, -0.25) is 4.98 Å². The van der Waals surface area contributed by atoms with Gasteiger partial charge in [0.1, 0.15) is 13.2 Å². The normalized spacial score (nSPS) is 14.1. The molecule has 1 aliphatic heterocycles. The molecule has 0 aliphatic carbocycles. The minimum Gasteiger partial charge on any atom is -0.486 e. The van der Waals surface area contributed by atoms with Crippen LogP contribution in [0, 0.1) is 0 Å². The number of hydrogen-bond donors (Lipinski definition) is 1. The number of fused-ring (bicyclic) bond motifs is 2. The summed E-state index contributed by atoms with van der Waals surface area (Å²) < 4.78 is 11.1. The Kier molecular flexibility index (Phi) is 2.36. The van der Waals surface area contributed by atoms with Gasteiger partial charge in [-0.1, -0.05) is 0 Å². The summed E-state index contributed by atoms with van der Waals surface area (Å²) in [6.07, 6.45) is 1.80. The maximum absolute atomic E-state index is 5.55. The van der Waals surface area contributed by atoms with Crippen LogP contribution in [-0.2, 0) is 5.75 Å². The van der Waals surface area contributed by atoms with Crippen molar-refractivity contribution >= 4 is 23.4 Å². The Hall–Kier alpha value is -1.42. The Morgan fingerprint density at radius 3 is 2.69 bits per heavy atom. The third kappa shape index (κ3) is 1.50. The van der Waals surface area contributed by atoms with Gasteiger partial charge in [-0.15, -0.1) is 0 Å². The van der Waals surface area contributed by atoms with E-state index in [0.717, 1.165) is 28.0 Å². The van der Waals surface area contributed by atoms with Crippen LogP contribution in [0.25, 0.3) is 10.8 Å². The average molecular weight is 233 g/mol. The van der Waals surface area contributed by atoms with E-state index in [-0.39, 0.29) is 0 Å². The molecule has 82 valence electrons. The summed E-state index contributed by atoms with van der Waals surface area (Å²) in [5.74, 6) is 2.24. The number of rotatable bonds is 1. The first kappa shape index (κ1) is 9.78. The largest absolute Gasteiger partial charge is 0.486 e. The molecule has 0 saturated carbocycles. The van der Waals surface area contributed by atoms with Crippen molar-refractivity contribution in [2.75, 3.05) is 13.2 Å². The fourth-order valence-electron chi connectivity index (χ4n) is 1.90. The molecule has 0 atom stereocenters. The lowest BCUT2D eigenvalue weighted by Gasteiger charge is -2.19. The summed E-state index contributed by atoms with van der Waals surface area (Å²) in [5, 5.41) is 2.20. The molecule has 0 fully saturated rings. The van der Waals surface area contributed by atoms with Gasteiger partial charge < -0.3 is 9.47 Å². The minimum absolute atomic E-state index is 0.606. The summed E-state index contributed by atoms with van der Waals surface area (Å²) in [4.78, 5) is 4.30. The van der Waals surface area contributed by atoms with Gasteiger partial charge in [0, 0.05) is 17.3 Å². The molecule has 3 nitrogen and oxygen atoms in total. The standard InChI is InChI=1S/C12H11NO2S/c16-7-10-9-6-12-11(14-3-4-15-12)5-8(9)1-2-13-10/h1-2,5-6,16H,3-4,7H2. The molecular formula is C12H11NO2S. The fraction of sp³-hybridized carbons (Fsp3) is 0.250. The van der Waals surface area contributed by atoms with Gasteiger partial charge in [0.2, 0.25) is 0 Å². The van der Waals surface area contributed by atoms with Crippen LogP contribution < -0.4 is 9.47 Å². The molecule has 3 rings (SSSR count). The molecule has 0 bridgehead atoms. The molecule has 0 unspecified atom stereocenters. The molecule has 0 spiro atoms. The summed E-state index contributed by atoms with van der Waals surface area (Å²) in [5.41, 5.74) is 0.970. The van der Waals surface area contributed by atoms with Gasteiger partial charge in [-0.25, -0.2) is 0 Å². The number of benzene rings is 1. The van der Waals surface area contributed by atoms with E-state index in [1.165, 1.54) is 0 Å². The molecule has 2 heterocycles. The third-order valence-electron chi connectivity index (χ3n) is 2.66. The number of thiol groups is 1. The predicted molar refractivity (Wildman–Crippen MR) is 65.4 cm³/mol. The highest BCUT2D eigenvalue weighted by Gasteiger charge is 2.13. The monoisotopic (exact) mass is 233 g/mol. The zero-order valence-electron chi connectivity index (χ0n) is 8.64. The molecule has 16 heavy (non-hydrogen) atoms. The quantitative estimate of drug-likeness (QED) is 0.768. The average Bonchev–Trinajstić information content (AvgIpc) is 2.35. The number of aromatic nitrogens is 1. The van der Waals surface area contributed by atoms with E-state index in [4.69, 9.17) is 9.47 Å². The van der Waals surface area contributed by atoms with Crippen molar-refractivity contribution in [1.82, 2.24) is 4.98 Å². The van der Waals surface area contributed by atoms with Crippen LogP contribution in [0.1, 0.15) is 5.69 Å². The van der Waals surface area contributed by atoms with Gasteiger partial charge in [-0.05, 0) is 23.6 Å². The molecule has 0 N–H and O–H groups in total. The number of nitrogens with zero attached hydrogens (tertiary/aromatic N) is 1. The van der Waals surface area contributed by atoms with Gasteiger partial charge in [0.05, 0.1) is 5.69 Å². The highest BCUT2D eigenvalue weighted by Crippen LogP contribution is 2.35. The van der Waals surface area contributed by atoms with Crippen molar-refractivity contribution in [2.24, 2.45) is 0 Å². The van der Waals surface area contributed by atoms with E-state index in [2.05, 4.69) is 17.6 Å². The number of pyridine rings is 1. The first-order chi connectivity index (χ1) is 7.88. The highest BCUT2D eigenvalue weighted by atomic mass is 32.1. The summed E-state index contributed by atoms with van der Waals surface area (Å²) >= 11 is 4.28. The summed E-state index contributed by atoms with van der Waals surface area (Å²) in [6, 6.07) is 5.96. The molecule has 2 aromatic rings. The fourth-order valence-corrected chi connectivity index (χ4v) is 2.15. The first-order valence-corrected chi connectivity index (χ1v) is 5.80. The third-order valence-corrected chi connectivity index (χ3v) is 2.96. The molecular weight excluding hydrogens is 222 g/mol. The SMILES string of the molecule is SCc1nccc2cc3c(cc12)OCCO3. The lowest BCUT2D eigenvalue weighted by molar-refractivity contribution is 0.172. The van der Waals surface area contributed by atoms with Crippen LogP contribution >= 0.6 is 12.6 Å². The Balaban J connectivity index is 2.27. The van der Waals surface area contributed by atoms with E-state index >= 15 is 0 Å². The minimum atomic E-state index is 0.606. The van der Waals surface area contributed by atoms with E-state index in [1.54, 1.807) is 6.20 Å².